The van der Waals surface area contributed by atoms with Crippen LogP contribution in [0, 0.1) is 0 Å². The van der Waals surface area contributed by atoms with Gasteiger partial charge in [0.1, 0.15) is 0 Å². The van der Waals surface area contributed by atoms with Gasteiger partial charge in [-0.2, -0.15) is 0 Å². The van der Waals surface area contributed by atoms with Crippen molar-refractivity contribution < 1.29 is 0 Å². The number of halogens is 1. The second-order valence-corrected chi connectivity index (χ2v) is 7.44. The molecule has 1 aliphatic rings. The van der Waals surface area contributed by atoms with E-state index in [1.165, 1.54) is 10.5 Å². The molecule has 1 atom stereocenters. The molecule has 3 heteroatoms. The molecule has 0 bridgehead atoms. The summed E-state index contributed by atoms with van der Waals surface area (Å²) >= 11 is 7.94. The summed E-state index contributed by atoms with van der Waals surface area (Å²) in [5, 5.41) is 1.10. The van der Waals surface area contributed by atoms with Crippen LogP contribution < -0.4 is 0 Å². The zero-order chi connectivity index (χ0) is 16.4. The summed E-state index contributed by atoms with van der Waals surface area (Å²) in [7, 11) is 0. The van der Waals surface area contributed by atoms with Crippen molar-refractivity contribution in [2.45, 2.75) is 16.6 Å². The zero-order valence-electron chi connectivity index (χ0n) is 13.0. The van der Waals surface area contributed by atoms with Gasteiger partial charge in [0.15, 0.2) is 0 Å². The summed E-state index contributed by atoms with van der Waals surface area (Å²) in [6, 6.07) is 27.0. The smallest absolute Gasteiger partial charge is 0.0769 e. The highest BCUT2D eigenvalue weighted by molar-refractivity contribution is 7.99. The summed E-state index contributed by atoms with van der Waals surface area (Å²) in [4.78, 5) is 6.20. The normalized spacial score (nSPS) is 16.9. The maximum Gasteiger partial charge on any atom is 0.0769 e. The first-order valence-electron chi connectivity index (χ1n) is 7.94. The van der Waals surface area contributed by atoms with Gasteiger partial charge in [-0.1, -0.05) is 66.2 Å². The Bertz CT molecular complexity index is 872. The summed E-state index contributed by atoms with van der Waals surface area (Å²) in [6.45, 7) is 0. The fraction of sp³-hybridized carbons (Fsp3) is 0.0952. The van der Waals surface area contributed by atoms with E-state index in [2.05, 4.69) is 60.7 Å². The average molecular weight is 350 g/mol. The third kappa shape index (κ3) is 3.26. The number of para-hydroxylation sites is 1. The molecule has 0 amide bonds. The monoisotopic (exact) mass is 349 g/mol. The molecule has 0 saturated carbocycles. The Morgan fingerprint density at radius 2 is 1.54 bits per heavy atom. The Labute approximate surface area is 151 Å². The van der Waals surface area contributed by atoms with Crippen LogP contribution in [0.4, 0.5) is 5.69 Å². The van der Waals surface area contributed by atoms with Gasteiger partial charge in [-0.15, -0.1) is 11.8 Å². The molecule has 0 radical (unpaired) electrons. The van der Waals surface area contributed by atoms with Gasteiger partial charge in [0.25, 0.3) is 0 Å². The number of rotatable bonds is 2. The van der Waals surface area contributed by atoms with Gasteiger partial charge in [0, 0.05) is 27.3 Å². The maximum absolute atomic E-state index is 6.04. The van der Waals surface area contributed by atoms with Crippen LogP contribution in [0.2, 0.25) is 5.02 Å². The molecule has 24 heavy (non-hydrogen) atoms. The van der Waals surface area contributed by atoms with E-state index < -0.39 is 0 Å². The lowest BCUT2D eigenvalue weighted by molar-refractivity contribution is 1.01. The Kier molecular flexibility index (Phi) is 4.42. The summed E-state index contributed by atoms with van der Waals surface area (Å²) in [5.41, 5.74) is 4.63. The zero-order valence-corrected chi connectivity index (χ0v) is 14.6. The number of thioether (sulfide) groups is 1. The molecule has 3 aromatic rings. The molecular weight excluding hydrogens is 334 g/mol. The number of hydrogen-bond acceptors (Lipinski definition) is 2. The van der Waals surface area contributed by atoms with Gasteiger partial charge >= 0.3 is 0 Å². The van der Waals surface area contributed by atoms with Crippen LogP contribution in [0.25, 0.3) is 0 Å². The number of nitrogens with zero attached hydrogens (tertiary/aromatic N) is 1. The van der Waals surface area contributed by atoms with Crippen molar-refractivity contribution in [3.8, 4) is 0 Å². The minimum atomic E-state index is 0.351. The molecule has 3 aromatic carbocycles. The molecular formula is C21H16ClNS. The highest BCUT2D eigenvalue weighted by Gasteiger charge is 2.22. The van der Waals surface area contributed by atoms with E-state index in [1.807, 2.05) is 30.0 Å². The van der Waals surface area contributed by atoms with Crippen LogP contribution in [0.3, 0.4) is 0 Å². The lowest BCUT2D eigenvalue weighted by atomic mass is 10.0. The Morgan fingerprint density at radius 1 is 0.833 bits per heavy atom. The predicted molar refractivity (Wildman–Crippen MR) is 104 cm³/mol. The van der Waals surface area contributed by atoms with Crippen LogP contribution in [0.15, 0.2) is 88.8 Å². The van der Waals surface area contributed by atoms with Crippen molar-refractivity contribution in [3.05, 3.63) is 95.0 Å². The molecule has 1 nitrogen and oxygen atoms in total. The summed E-state index contributed by atoms with van der Waals surface area (Å²) in [6.07, 6.45) is 0.894. The van der Waals surface area contributed by atoms with Crippen LogP contribution in [-0.4, -0.2) is 5.71 Å². The first-order chi connectivity index (χ1) is 11.8. The fourth-order valence-electron chi connectivity index (χ4n) is 2.89. The van der Waals surface area contributed by atoms with Crippen LogP contribution in [0.1, 0.15) is 22.8 Å². The van der Waals surface area contributed by atoms with E-state index in [4.69, 9.17) is 16.6 Å². The van der Waals surface area contributed by atoms with Gasteiger partial charge in [0.05, 0.1) is 5.69 Å². The predicted octanol–water partition coefficient (Wildman–Crippen LogP) is 6.70. The number of benzene rings is 3. The van der Waals surface area contributed by atoms with Gasteiger partial charge in [-0.25, -0.2) is 0 Å². The number of fused-ring (bicyclic) bond motifs is 1. The molecule has 0 saturated heterocycles. The standard InChI is InChI=1S/C21H16ClNS/c22-17-12-10-15(11-13-17)19-14-21(16-6-2-1-3-7-16)24-20-9-5-4-8-18(20)23-19/h1-13,21H,14H2/t21-/m1/s1. The second kappa shape index (κ2) is 6.84. The van der Waals surface area contributed by atoms with E-state index >= 15 is 0 Å². The van der Waals surface area contributed by atoms with E-state index in [1.54, 1.807) is 0 Å². The van der Waals surface area contributed by atoms with Crippen LogP contribution >= 0.6 is 23.4 Å². The second-order valence-electron chi connectivity index (χ2n) is 5.75. The molecule has 0 aliphatic carbocycles. The lowest BCUT2D eigenvalue weighted by Gasteiger charge is -2.16. The summed E-state index contributed by atoms with van der Waals surface area (Å²) in [5.74, 6) is 0. The fourth-order valence-corrected chi connectivity index (χ4v) is 4.25. The van der Waals surface area contributed by atoms with Crippen molar-refractivity contribution in [2.24, 2.45) is 4.99 Å². The molecule has 0 unspecified atom stereocenters. The average Bonchev–Trinajstić information content (AvgIpc) is 2.83. The molecule has 0 aromatic heterocycles. The quantitative estimate of drug-likeness (QED) is 0.501. The van der Waals surface area contributed by atoms with Crippen molar-refractivity contribution in [2.75, 3.05) is 0 Å². The maximum atomic E-state index is 6.04. The van der Waals surface area contributed by atoms with Crippen LogP contribution in [0.5, 0.6) is 0 Å². The number of aliphatic imine (C=N–C) groups is 1. The molecule has 118 valence electrons. The van der Waals surface area contributed by atoms with Crippen molar-refractivity contribution in [1.29, 1.82) is 0 Å². The highest BCUT2D eigenvalue weighted by atomic mass is 35.5. The largest absolute Gasteiger partial charge is 0.252 e. The van der Waals surface area contributed by atoms with E-state index in [0.29, 0.717) is 5.25 Å². The first-order valence-corrected chi connectivity index (χ1v) is 9.19. The van der Waals surface area contributed by atoms with Gasteiger partial charge < -0.3 is 0 Å². The summed E-state index contributed by atoms with van der Waals surface area (Å²) < 4.78 is 0. The van der Waals surface area contributed by atoms with Gasteiger partial charge in [-0.3, -0.25) is 4.99 Å². The van der Waals surface area contributed by atoms with Crippen molar-refractivity contribution in [1.82, 2.24) is 0 Å². The molecule has 4 rings (SSSR count). The molecule has 1 heterocycles. The molecule has 1 aliphatic heterocycles. The molecule has 0 N–H and O–H groups in total. The van der Waals surface area contributed by atoms with E-state index in [-0.39, 0.29) is 0 Å². The Morgan fingerprint density at radius 3 is 2.33 bits per heavy atom. The molecule has 0 spiro atoms. The molecule has 0 fully saturated rings. The van der Waals surface area contributed by atoms with Gasteiger partial charge in [-0.05, 0) is 35.4 Å². The Hall–Kier alpha value is -2.03. The third-order valence-electron chi connectivity index (χ3n) is 4.12. The third-order valence-corrected chi connectivity index (χ3v) is 5.69. The first kappa shape index (κ1) is 15.5. The van der Waals surface area contributed by atoms with Crippen LogP contribution in [-0.2, 0) is 0 Å². The Balaban J connectivity index is 1.80. The minimum Gasteiger partial charge on any atom is -0.252 e. The topological polar surface area (TPSA) is 12.4 Å². The van der Waals surface area contributed by atoms with Gasteiger partial charge in [0.2, 0.25) is 0 Å². The number of hydrogen-bond donors (Lipinski definition) is 0. The SMILES string of the molecule is Clc1ccc(C2=Nc3ccccc3S[C@@H](c3ccccc3)C2)cc1. The van der Waals surface area contributed by atoms with E-state index in [0.717, 1.165) is 28.4 Å². The minimum absolute atomic E-state index is 0.351. The van der Waals surface area contributed by atoms with E-state index in [9.17, 15) is 0 Å². The van der Waals surface area contributed by atoms with Crippen molar-refractivity contribution >= 4 is 34.8 Å². The van der Waals surface area contributed by atoms with Crippen molar-refractivity contribution in [3.63, 3.8) is 0 Å². The lowest BCUT2D eigenvalue weighted by Crippen LogP contribution is -2.05. The highest BCUT2D eigenvalue weighted by Crippen LogP contribution is 2.45.